The van der Waals surface area contributed by atoms with Crippen LogP contribution in [0.25, 0.3) is 0 Å². The summed E-state index contributed by atoms with van der Waals surface area (Å²) in [5, 5.41) is 0. The molecule has 0 fully saturated rings. The zero-order chi connectivity index (χ0) is 9.45. The Balaban J connectivity index is 3.34. The van der Waals surface area contributed by atoms with Crippen molar-refractivity contribution in [2.75, 3.05) is 4.43 Å². The third-order valence-electron chi connectivity index (χ3n) is 1.40. The van der Waals surface area contributed by atoms with Gasteiger partial charge in [0, 0.05) is 6.42 Å². The lowest BCUT2D eigenvalue weighted by atomic mass is 10.2. The topological polar surface area (TPSA) is 0 Å². The predicted octanol–water partition coefficient (Wildman–Crippen LogP) is 3.86. The van der Waals surface area contributed by atoms with Gasteiger partial charge in [-0.1, -0.05) is 48.7 Å². The molecule has 0 unspecified atom stereocenters. The summed E-state index contributed by atoms with van der Waals surface area (Å²) in [6.45, 7) is 6.89. The maximum absolute atomic E-state index is 3.39. The van der Waals surface area contributed by atoms with Crippen LogP contribution in [0.3, 0.4) is 0 Å². The quantitative estimate of drug-likeness (QED) is 0.243. The van der Waals surface area contributed by atoms with E-state index in [0.717, 1.165) is 6.42 Å². The van der Waals surface area contributed by atoms with Gasteiger partial charge in [-0.2, -0.15) is 0 Å². The molecular formula is C10H19ISi. The third-order valence-corrected chi connectivity index (χ3v) is 3.09. The van der Waals surface area contributed by atoms with Crippen LogP contribution in [0, 0.1) is 11.5 Å². The lowest BCUT2D eigenvalue weighted by molar-refractivity contribution is 0.748. The van der Waals surface area contributed by atoms with E-state index in [0.29, 0.717) is 0 Å². The zero-order valence-electron chi connectivity index (χ0n) is 8.41. The lowest BCUT2D eigenvalue weighted by Gasteiger charge is -2.03. The van der Waals surface area contributed by atoms with Gasteiger partial charge in [0.15, 0.2) is 0 Å². The summed E-state index contributed by atoms with van der Waals surface area (Å²) < 4.78 is 1.29. The van der Waals surface area contributed by atoms with Gasteiger partial charge in [-0.3, -0.25) is 0 Å². The molecule has 0 rings (SSSR count). The van der Waals surface area contributed by atoms with Crippen molar-refractivity contribution in [3.8, 4) is 11.5 Å². The van der Waals surface area contributed by atoms with E-state index in [1.807, 2.05) is 0 Å². The van der Waals surface area contributed by atoms with E-state index < -0.39 is 8.07 Å². The highest BCUT2D eigenvalue weighted by atomic mass is 127. The molecule has 0 heterocycles. The van der Waals surface area contributed by atoms with Crippen LogP contribution in [-0.2, 0) is 0 Å². The minimum Gasteiger partial charge on any atom is -0.132 e. The standard InChI is InChI=1S/C10H19ISi/c1-12(2,3)10-8-6-4-5-7-9-11/h4-7,9H2,1-3H3. The maximum Gasteiger partial charge on any atom is 0.129 e. The molecule has 0 spiro atoms. The van der Waals surface area contributed by atoms with Crippen molar-refractivity contribution in [2.45, 2.75) is 45.3 Å². The van der Waals surface area contributed by atoms with Gasteiger partial charge in [0.1, 0.15) is 8.07 Å². The first-order valence-corrected chi connectivity index (χ1v) is 9.65. The molecule has 0 aliphatic rings. The monoisotopic (exact) mass is 294 g/mol. The highest BCUT2D eigenvalue weighted by Crippen LogP contribution is 2.02. The van der Waals surface area contributed by atoms with E-state index in [1.54, 1.807) is 0 Å². The fraction of sp³-hybridized carbons (Fsp3) is 0.800. The predicted molar refractivity (Wildman–Crippen MR) is 68.5 cm³/mol. The summed E-state index contributed by atoms with van der Waals surface area (Å²) >= 11 is 2.43. The Labute approximate surface area is 91.7 Å². The van der Waals surface area contributed by atoms with Crippen LogP contribution in [0.15, 0.2) is 0 Å². The van der Waals surface area contributed by atoms with Gasteiger partial charge < -0.3 is 0 Å². The summed E-state index contributed by atoms with van der Waals surface area (Å²) in [6, 6.07) is 0. The molecule has 0 saturated carbocycles. The molecule has 0 aliphatic heterocycles. The second-order valence-electron chi connectivity index (χ2n) is 4.05. The Morgan fingerprint density at radius 3 is 2.25 bits per heavy atom. The number of unbranched alkanes of at least 4 members (excludes halogenated alkanes) is 3. The van der Waals surface area contributed by atoms with Gasteiger partial charge in [0.05, 0.1) is 0 Å². The van der Waals surface area contributed by atoms with Crippen LogP contribution in [0.1, 0.15) is 25.7 Å². The summed E-state index contributed by atoms with van der Waals surface area (Å²) in [6.07, 6.45) is 5.11. The number of alkyl halides is 1. The fourth-order valence-corrected chi connectivity index (χ4v) is 2.01. The maximum atomic E-state index is 3.39. The molecule has 0 aromatic heterocycles. The molecular weight excluding hydrogens is 275 g/mol. The minimum absolute atomic E-state index is 1.09. The van der Waals surface area contributed by atoms with Gasteiger partial charge in [-0.15, -0.1) is 11.5 Å². The second-order valence-corrected chi connectivity index (χ2v) is 9.88. The second kappa shape index (κ2) is 6.96. The first kappa shape index (κ1) is 12.5. The number of halogens is 1. The molecule has 0 aliphatic carbocycles. The first-order valence-electron chi connectivity index (χ1n) is 4.62. The van der Waals surface area contributed by atoms with Crippen molar-refractivity contribution in [3.05, 3.63) is 0 Å². The van der Waals surface area contributed by atoms with E-state index in [9.17, 15) is 0 Å². The summed E-state index contributed by atoms with van der Waals surface area (Å²) in [4.78, 5) is 0. The van der Waals surface area contributed by atoms with Crippen molar-refractivity contribution < 1.29 is 0 Å². The average Bonchev–Trinajstić information content (AvgIpc) is 1.94. The molecule has 0 bridgehead atoms. The average molecular weight is 294 g/mol. The van der Waals surface area contributed by atoms with Crippen molar-refractivity contribution >= 4 is 30.7 Å². The van der Waals surface area contributed by atoms with E-state index in [-0.39, 0.29) is 0 Å². The largest absolute Gasteiger partial charge is 0.132 e. The Kier molecular flexibility index (Phi) is 7.26. The molecule has 2 heteroatoms. The van der Waals surface area contributed by atoms with Crippen LogP contribution in [0.4, 0.5) is 0 Å². The molecule has 12 heavy (non-hydrogen) atoms. The smallest absolute Gasteiger partial charge is 0.129 e. The van der Waals surface area contributed by atoms with E-state index >= 15 is 0 Å². The minimum atomic E-state index is -1.09. The van der Waals surface area contributed by atoms with Crippen molar-refractivity contribution in [3.63, 3.8) is 0 Å². The van der Waals surface area contributed by atoms with Gasteiger partial charge in [0.25, 0.3) is 0 Å². The summed E-state index contributed by atoms with van der Waals surface area (Å²) in [5.74, 6) is 3.29. The molecule has 0 radical (unpaired) electrons. The molecule has 0 N–H and O–H groups in total. The van der Waals surface area contributed by atoms with Gasteiger partial charge in [-0.25, -0.2) is 0 Å². The fourth-order valence-electron chi connectivity index (χ4n) is 0.812. The van der Waals surface area contributed by atoms with Gasteiger partial charge >= 0.3 is 0 Å². The van der Waals surface area contributed by atoms with Crippen LogP contribution in [0.5, 0.6) is 0 Å². The van der Waals surface area contributed by atoms with E-state index in [1.165, 1.54) is 23.7 Å². The van der Waals surface area contributed by atoms with Crippen molar-refractivity contribution in [1.29, 1.82) is 0 Å². The van der Waals surface area contributed by atoms with Crippen molar-refractivity contribution in [1.82, 2.24) is 0 Å². The highest BCUT2D eigenvalue weighted by molar-refractivity contribution is 14.1. The van der Waals surface area contributed by atoms with E-state index in [4.69, 9.17) is 0 Å². The highest BCUT2D eigenvalue weighted by Gasteiger charge is 2.06. The Bertz CT molecular complexity index is 159. The first-order chi connectivity index (χ1) is 5.56. The molecule has 0 nitrogen and oxygen atoms in total. The Morgan fingerprint density at radius 1 is 1.08 bits per heavy atom. The van der Waals surface area contributed by atoms with Crippen LogP contribution >= 0.6 is 22.6 Å². The van der Waals surface area contributed by atoms with Gasteiger partial charge in [-0.05, 0) is 17.3 Å². The summed E-state index contributed by atoms with van der Waals surface area (Å²) in [5.41, 5.74) is 3.39. The molecule has 0 amide bonds. The normalized spacial score (nSPS) is 10.7. The third kappa shape index (κ3) is 10.5. The molecule has 0 saturated heterocycles. The van der Waals surface area contributed by atoms with Crippen LogP contribution in [-0.4, -0.2) is 12.5 Å². The Hall–Kier alpha value is 0.507. The number of rotatable bonds is 4. The van der Waals surface area contributed by atoms with Crippen molar-refractivity contribution in [2.24, 2.45) is 0 Å². The SMILES string of the molecule is C[Si](C)(C)C#CCCCCCI. The lowest BCUT2D eigenvalue weighted by Crippen LogP contribution is -2.16. The van der Waals surface area contributed by atoms with Gasteiger partial charge in [0.2, 0.25) is 0 Å². The molecule has 0 aromatic carbocycles. The van der Waals surface area contributed by atoms with E-state index in [2.05, 4.69) is 53.7 Å². The summed E-state index contributed by atoms with van der Waals surface area (Å²) in [7, 11) is -1.09. The molecule has 70 valence electrons. The Morgan fingerprint density at radius 2 is 1.75 bits per heavy atom. The number of hydrogen-bond donors (Lipinski definition) is 0. The van der Waals surface area contributed by atoms with Crippen LogP contribution in [0.2, 0.25) is 19.6 Å². The van der Waals surface area contributed by atoms with Crippen LogP contribution < -0.4 is 0 Å². The zero-order valence-corrected chi connectivity index (χ0v) is 11.6. The molecule has 0 aromatic rings. The number of hydrogen-bond acceptors (Lipinski definition) is 0. The molecule has 0 atom stereocenters.